The van der Waals surface area contributed by atoms with E-state index in [9.17, 15) is 0 Å². The number of benzene rings is 2. The molecule has 0 bridgehead atoms. The molecule has 0 amide bonds. The molecule has 0 aliphatic carbocycles. The minimum atomic E-state index is 0.180. The Labute approximate surface area is 110 Å². The smallest absolute Gasteiger partial charge is 0.0148 e. The van der Waals surface area contributed by atoms with Crippen LogP contribution in [0.25, 0.3) is 0 Å². The maximum atomic E-state index is 6.39. The molecule has 0 fully saturated rings. The normalized spacial score (nSPS) is 14.1. The van der Waals surface area contributed by atoms with E-state index in [1.54, 1.807) is 0 Å². The fourth-order valence-corrected chi connectivity index (χ4v) is 2.51. The Morgan fingerprint density at radius 3 is 2.00 bits per heavy atom. The van der Waals surface area contributed by atoms with Crippen molar-refractivity contribution in [3.05, 3.63) is 71.8 Å². The molecule has 0 aliphatic rings. The van der Waals surface area contributed by atoms with E-state index in [-0.39, 0.29) is 6.04 Å². The summed E-state index contributed by atoms with van der Waals surface area (Å²) in [6.45, 7) is 2.21. The monoisotopic (exact) mass is 239 g/mol. The molecule has 94 valence electrons. The molecule has 2 rings (SSSR count). The highest BCUT2D eigenvalue weighted by molar-refractivity contribution is 5.23. The van der Waals surface area contributed by atoms with Crippen molar-refractivity contribution in [3.63, 3.8) is 0 Å². The third kappa shape index (κ3) is 3.21. The van der Waals surface area contributed by atoms with Crippen LogP contribution in [0.4, 0.5) is 0 Å². The second-order valence-electron chi connectivity index (χ2n) is 4.78. The molecular formula is C17H21N. The van der Waals surface area contributed by atoms with Crippen LogP contribution in [0.1, 0.15) is 30.4 Å². The first-order chi connectivity index (χ1) is 8.81. The molecule has 18 heavy (non-hydrogen) atoms. The van der Waals surface area contributed by atoms with Gasteiger partial charge in [0.25, 0.3) is 0 Å². The summed E-state index contributed by atoms with van der Waals surface area (Å²) in [7, 11) is 0. The van der Waals surface area contributed by atoms with Gasteiger partial charge in [0.15, 0.2) is 0 Å². The van der Waals surface area contributed by atoms with E-state index < -0.39 is 0 Å². The lowest BCUT2D eigenvalue weighted by Gasteiger charge is -2.23. The lowest BCUT2D eigenvalue weighted by molar-refractivity contribution is 0.515. The first kappa shape index (κ1) is 12.8. The minimum Gasteiger partial charge on any atom is -0.327 e. The van der Waals surface area contributed by atoms with Crippen LogP contribution in [0.5, 0.6) is 0 Å². The van der Waals surface area contributed by atoms with Crippen molar-refractivity contribution in [2.45, 2.75) is 31.7 Å². The van der Waals surface area contributed by atoms with Crippen LogP contribution < -0.4 is 5.73 Å². The van der Waals surface area contributed by atoms with Gasteiger partial charge in [0.1, 0.15) is 0 Å². The Hall–Kier alpha value is -1.60. The highest BCUT2D eigenvalue weighted by atomic mass is 14.6. The third-order valence-corrected chi connectivity index (χ3v) is 3.50. The van der Waals surface area contributed by atoms with E-state index in [4.69, 9.17) is 5.73 Å². The molecule has 1 nitrogen and oxygen atoms in total. The van der Waals surface area contributed by atoms with Gasteiger partial charge >= 0.3 is 0 Å². The van der Waals surface area contributed by atoms with Crippen molar-refractivity contribution in [1.82, 2.24) is 0 Å². The van der Waals surface area contributed by atoms with Gasteiger partial charge in [-0.2, -0.15) is 0 Å². The summed E-state index contributed by atoms with van der Waals surface area (Å²) in [5, 5.41) is 0. The van der Waals surface area contributed by atoms with Gasteiger partial charge in [-0.25, -0.2) is 0 Å². The number of hydrogen-bond donors (Lipinski definition) is 1. The Bertz CT molecular complexity index is 450. The summed E-state index contributed by atoms with van der Waals surface area (Å²) in [5.41, 5.74) is 9.06. The van der Waals surface area contributed by atoms with Gasteiger partial charge in [0, 0.05) is 6.04 Å². The number of rotatable bonds is 5. The molecule has 2 unspecified atom stereocenters. The topological polar surface area (TPSA) is 26.0 Å². The lowest BCUT2D eigenvalue weighted by atomic mass is 9.86. The van der Waals surface area contributed by atoms with Crippen molar-refractivity contribution < 1.29 is 0 Å². The second kappa shape index (κ2) is 6.36. The second-order valence-corrected chi connectivity index (χ2v) is 4.78. The van der Waals surface area contributed by atoms with Crippen LogP contribution >= 0.6 is 0 Å². The number of nitrogens with two attached hydrogens (primary N) is 1. The Morgan fingerprint density at radius 2 is 1.44 bits per heavy atom. The van der Waals surface area contributed by atoms with Crippen LogP contribution in [0.15, 0.2) is 60.7 Å². The lowest BCUT2D eigenvalue weighted by Crippen LogP contribution is -2.30. The maximum Gasteiger partial charge on any atom is 0.0148 e. The summed E-state index contributed by atoms with van der Waals surface area (Å²) < 4.78 is 0. The summed E-state index contributed by atoms with van der Waals surface area (Å²) >= 11 is 0. The van der Waals surface area contributed by atoms with Crippen molar-refractivity contribution in [2.75, 3.05) is 0 Å². The number of hydrogen-bond acceptors (Lipinski definition) is 1. The Kier molecular flexibility index (Phi) is 4.54. The largest absolute Gasteiger partial charge is 0.327 e. The van der Waals surface area contributed by atoms with Gasteiger partial charge in [-0.3, -0.25) is 0 Å². The van der Waals surface area contributed by atoms with Crippen LogP contribution in [0.2, 0.25) is 0 Å². The average Bonchev–Trinajstić information content (AvgIpc) is 2.42. The highest BCUT2D eigenvalue weighted by Crippen LogP contribution is 2.24. The quantitative estimate of drug-likeness (QED) is 0.845. The predicted octanol–water partition coefficient (Wildman–Crippen LogP) is 3.75. The van der Waals surface area contributed by atoms with E-state index >= 15 is 0 Å². The molecule has 1 heteroatoms. The van der Waals surface area contributed by atoms with Crippen LogP contribution in [-0.4, -0.2) is 6.04 Å². The minimum absolute atomic E-state index is 0.180. The van der Waals surface area contributed by atoms with E-state index in [0.717, 1.165) is 12.8 Å². The molecule has 0 saturated carbocycles. The van der Waals surface area contributed by atoms with Crippen LogP contribution in [-0.2, 0) is 6.42 Å². The molecular weight excluding hydrogens is 218 g/mol. The van der Waals surface area contributed by atoms with Gasteiger partial charge in [-0.1, -0.05) is 67.6 Å². The molecule has 0 heterocycles. The zero-order chi connectivity index (χ0) is 12.8. The Balaban J connectivity index is 2.09. The van der Waals surface area contributed by atoms with Crippen molar-refractivity contribution in [1.29, 1.82) is 0 Å². The van der Waals surface area contributed by atoms with Gasteiger partial charge < -0.3 is 5.73 Å². The van der Waals surface area contributed by atoms with Crippen molar-refractivity contribution in [3.8, 4) is 0 Å². The molecule has 0 aliphatic heterocycles. The molecule has 0 saturated heterocycles. The first-order valence-electron chi connectivity index (χ1n) is 6.65. The fourth-order valence-electron chi connectivity index (χ4n) is 2.51. The van der Waals surface area contributed by atoms with E-state index in [2.05, 4.69) is 61.5 Å². The average molecular weight is 239 g/mol. The summed E-state index contributed by atoms with van der Waals surface area (Å²) in [4.78, 5) is 0. The maximum absolute atomic E-state index is 6.39. The summed E-state index contributed by atoms with van der Waals surface area (Å²) in [5.74, 6) is 0.436. The predicted molar refractivity (Wildman–Crippen MR) is 77.6 cm³/mol. The van der Waals surface area contributed by atoms with Crippen LogP contribution in [0, 0.1) is 0 Å². The van der Waals surface area contributed by atoms with Gasteiger partial charge in [-0.15, -0.1) is 0 Å². The first-order valence-corrected chi connectivity index (χ1v) is 6.65. The third-order valence-electron chi connectivity index (χ3n) is 3.50. The zero-order valence-corrected chi connectivity index (χ0v) is 10.9. The highest BCUT2D eigenvalue weighted by Gasteiger charge is 2.17. The molecule has 2 aromatic carbocycles. The zero-order valence-electron chi connectivity index (χ0n) is 10.9. The molecule has 2 atom stereocenters. The van der Waals surface area contributed by atoms with Gasteiger partial charge in [0.05, 0.1) is 0 Å². The van der Waals surface area contributed by atoms with Crippen molar-refractivity contribution >= 4 is 0 Å². The summed E-state index contributed by atoms with van der Waals surface area (Å²) in [6.07, 6.45) is 2.02. The van der Waals surface area contributed by atoms with Crippen molar-refractivity contribution in [2.24, 2.45) is 5.73 Å². The van der Waals surface area contributed by atoms with E-state index in [1.165, 1.54) is 11.1 Å². The van der Waals surface area contributed by atoms with E-state index in [1.807, 2.05) is 6.07 Å². The molecule has 0 aromatic heterocycles. The fraction of sp³-hybridized carbons (Fsp3) is 0.294. The molecule has 0 spiro atoms. The molecule has 2 N–H and O–H groups in total. The summed E-state index contributed by atoms with van der Waals surface area (Å²) in [6, 6.07) is 21.3. The van der Waals surface area contributed by atoms with Gasteiger partial charge in [0.2, 0.25) is 0 Å². The molecule has 0 radical (unpaired) electrons. The molecule has 2 aromatic rings. The van der Waals surface area contributed by atoms with Crippen LogP contribution in [0.3, 0.4) is 0 Å². The SMILES string of the molecule is CCC(c1ccccc1)C(N)Cc1ccccc1. The standard InChI is InChI=1S/C17H21N/c1-2-16(15-11-7-4-8-12-15)17(18)13-14-9-5-3-6-10-14/h3-12,16-17H,2,13,18H2,1H3. The Morgan fingerprint density at radius 1 is 0.889 bits per heavy atom. The van der Waals surface area contributed by atoms with Gasteiger partial charge in [-0.05, 0) is 29.9 Å². The van der Waals surface area contributed by atoms with E-state index in [0.29, 0.717) is 5.92 Å².